The van der Waals surface area contributed by atoms with Crippen LogP contribution in [0.3, 0.4) is 0 Å². The summed E-state index contributed by atoms with van der Waals surface area (Å²) in [6, 6.07) is 72.1. The molecule has 0 radical (unpaired) electrons. The molecular formula is C59H43N5. The molecule has 64 heavy (non-hydrogen) atoms. The van der Waals surface area contributed by atoms with Crippen molar-refractivity contribution < 1.29 is 0 Å². The van der Waals surface area contributed by atoms with Crippen molar-refractivity contribution in [1.82, 2.24) is 24.9 Å². The Kier molecular flexibility index (Phi) is 11.1. The zero-order chi connectivity index (χ0) is 43.2. The molecule has 0 bridgehead atoms. The Hall–Kier alpha value is -8.41. The average molecular weight is 822 g/mol. The van der Waals surface area contributed by atoms with Gasteiger partial charge in [0.05, 0.1) is 11.4 Å². The molecule has 7 aromatic carbocycles. The standard InChI is InChI=1S/C59H43N5/c1-3-40(2)57-62-58(43-24-11-6-12-25-43)64-59(63-57)49-31-19-29-47(38-49)45-27-17-26-44(36-45)46-28-18-30-48(37-46)51-39-50(41-20-7-4-8-21-41)55(52-32-13-15-34-60-52)56(53-33-14-16-35-61-53)54(51)42-22-9-5-10-23-42/h3-39H,1-2H3/b40-3+. The van der Waals surface area contributed by atoms with E-state index in [9.17, 15) is 0 Å². The lowest BCUT2D eigenvalue weighted by atomic mass is 9.80. The van der Waals surface area contributed by atoms with Gasteiger partial charge in [-0.15, -0.1) is 0 Å². The van der Waals surface area contributed by atoms with Crippen molar-refractivity contribution in [2.45, 2.75) is 13.8 Å². The van der Waals surface area contributed by atoms with Crippen molar-refractivity contribution in [3.05, 3.63) is 231 Å². The summed E-state index contributed by atoms with van der Waals surface area (Å²) < 4.78 is 0. The number of pyridine rings is 2. The minimum atomic E-state index is 0.638. The SMILES string of the molecule is C/C=C(\C)c1nc(-c2ccccc2)nc(-c2cccc(-c3cccc(-c4cccc(-c5cc(-c6ccccc6)c(-c6ccccn6)c(-c6ccccn6)c5-c5ccccc5)c4)c3)c2)n1. The van der Waals surface area contributed by atoms with Crippen molar-refractivity contribution in [3.8, 4) is 101 Å². The molecule has 0 unspecified atom stereocenters. The molecule has 0 saturated heterocycles. The highest BCUT2D eigenvalue weighted by Crippen LogP contribution is 2.49. The van der Waals surface area contributed by atoms with Crippen molar-refractivity contribution in [2.24, 2.45) is 0 Å². The largest absolute Gasteiger partial charge is 0.256 e. The first-order valence-corrected chi connectivity index (χ1v) is 21.5. The van der Waals surface area contributed by atoms with Crippen LogP contribution in [-0.2, 0) is 0 Å². The molecule has 0 amide bonds. The van der Waals surface area contributed by atoms with Crippen LogP contribution >= 0.6 is 0 Å². The lowest BCUT2D eigenvalue weighted by molar-refractivity contribution is 1.03. The number of hydrogen-bond donors (Lipinski definition) is 0. The van der Waals surface area contributed by atoms with Crippen LogP contribution in [0.25, 0.3) is 106 Å². The molecule has 3 aromatic heterocycles. The first-order chi connectivity index (χ1) is 31.6. The summed E-state index contributed by atoms with van der Waals surface area (Å²) in [5.41, 5.74) is 17.7. The van der Waals surface area contributed by atoms with Crippen molar-refractivity contribution in [3.63, 3.8) is 0 Å². The third-order valence-corrected chi connectivity index (χ3v) is 11.6. The molecule has 0 aliphatic carbocycles. The molecular weight excluding hydrogens is 779 g/mol. The summed E-state index contributed by atoms with van der Waals surface area (Å²) in [5, 5.41) is 0. The Morgan fingerprint density at radius 2 is 0.766 bits per heavy atom. The van der Waals surface area contributed by atoms with Crippen molar-refractivity contribution >= 4 is 5.57 Å². The molecule has 0 aliphatic rings. The molecule has 0 atom stereocenters. The van der Waals surface area contributed by atoms with Crippen LogP contribution in [-0.4, -0.2) is 24.9 Å². The number of allylic oxidation sites excluding steroid dienone is 2. The lowest BCUT2D eigenvalue weighted by Crippen LogP contribution is -2.01. The van der Waals surface area contributed by atoms with Gasteiger partial charge in [-0.2, -0.15) is 0 Å². The third-order valence-electron chi connectivity index (χ3n) is 11.6. The fraction of sp³-hybridized carbons (Fsp3) is 0.0339. The Morgan fingerprint density at radius 3 is 1.31 bits per heavy atom. The molecule has 5 nitrogen and oxygen atoms in total. The van der Waals surface area contributed by atoms with Gasteiger partial charge in [-0.1, -0.05) is 164 Å². The fourth-order valence-corrected chi connectivity index (χ4v) is 8.31. The predicted octanol–water partition coefficient (Wildman–Crippen LogP) is 15.1. The summed E-state index contributed by atoms with van der Waals surface area (Å²) in [6.07, 6.45) is 5.78. The second-order valence-corrected chi connectivity index (χ2v) is 15.6. The van der Waals surface area contributed by atoms with Crippen LogP contribution in [0.5, 0.6) is 0 Å². The smallest absolute Gasteiger partial charge is 0.164 e. The van der Waals surface area contributed by atoms with E-state index in [0.29, 0.717) is 17.5 Å². The van der Waals surface area contributed by atoms with Crippen LogP contribution in [0.15, 0.2) is 225 Å². The van der Waals surface area contributed by atoms with Gasteiger partial charge in [-0.25, -0.2) is 15.0 Å². The van der Waals surface area contributed by atoms with Crippen LogP contribution < -0.4 is 0 Å². The van der Waals surface area contributed by atoms with Gasteiger partial charge >= 0.3 is 0 Å². The quantitative estimate of drug-likeness (QED) is 0.137. The summed E-state index contributed by atoms with van der Waals surface area (Å²) in [7, 11) is 0. The summed E-state index contributed by atoms with van der Waals surface area (Å²) in [4.78, 5) is 24.7. The second kappa shape index (κ2) is 17.9. The summed E-state index contributed by atoms with van der Waals surface area (Å²) in [6.45, 7) is 4.04. The van der Waals surface area contributed by atoms with E-state index < -0.39 is 0 Å². The van der Waals surface area contributed by atoms with Gasteiger partial charge in [-0.3, -0.25) is 9.97 Å². The molecule has 10 aromatic rings. The zero-order valence-electron chi connectivity index (χ0n) is 35.6. The minimum Gasteiger partial charge on any atom is -0.256 e. The normalized spacial score (nSPS) is 11.4. The number of nitrogens with zero attached hydrogens (tertiary/aromatic N) is 5. The summed E-state index contributed by atoms with van der Waals surface area (Å²) in [5.74, 6) is 1.96. The van der Waals surface area contributed by atoms with Gasteiger partial charge in [0, 0.05) is 34.6 Å². The predicted molar refractivity (Wildman–Crippen MR) is 264 cm³/mol. The van der Waals surface area contributed by atoms with E-state index >= 15 is 0 Å². The van der Waals surface area contributed by atoms with Gasteiger partial charge in [0.15, 0.2) is 17.5 Å². The fourth-order valence-electron chi connectivity index (χ4n) is 8.31. The molecule has 0 saturated carbocycles. The Bertz CT molecular complexity index is 3260. The van der Waals surface area contributed by atoms with E-state index in [2.05, 4.69) is 164 Å². The Morgan fingerprint density at radius 1 is 0.344 bits per heavy atom. The van der Waals surface area contributed by atoms with E-state index in [-0.39, 0.29) is 0 Å². The molecule has 304 valence electrons. The van der Waals surface area contributed by atoms with Crippen LogP contribution in [0.1, 0.15) is 19.7 Å². The van der Waals surface area contributed by atoms with Gasteiger partial charge in [0.25, 0.3) is 0 Å². The van der Waals surface area contributed by atoms with Gasteiger partial charge in [-0.05, 0) is 124 Å². The maximum Gasteiger partial charge on any atom is 0.164 e. The van der Waals surface area contributed by atoms with Gasteiger partial charge in [0.1, 0.15) is 0 Å². The van der Waals surface area contributed by atoms with Crippen LogP contribution in [0.2, 0.25) is 0 Å². The lowest BCUT2D eigenvalue weighted by Gasteiger charge is -2.23. The van der Waals surface area contributed by atoms with Crippen LogP contribution in [0.4, 0.5) is 0 Å². The van der Waals surface area contributed by atoms with E-state index in [1.54, 1.807) is 0 Å². The van der Waals surface area contributed by atoms with Crippen molar-refractivity contribution in [2.75, 3.05) is 0 Å². The second-order valence-electron chi connectivity index (χ2n) is 15.6. The molecule has 3 heterocycles. The van der Waals surface area contributed by atoms with E-state index in [0.717, 1.165) is 94.8 Å². The maximum atomic E-state index is 5.01. The number of benzene rings is 7. The molecule has 0 N–H and O–H groups in total. The number of rotatable bonds is 10. The van der Waals surface area contributed by atoms with Crippen LogP contribution in [0, 0.1) is 0 Å². The highest BCUT2D eigenvalue weighted by Gasteiger charge is 2.25. The molecule has 5 heteroatoms. The first-order valence-electron chi connectivity index (χ1n) is 21.5. The molecule has 0 fully saturated rings. The number of hydrogen-bond acceptors (Lipinski definition) is 5. The Balaban J connectivity index is 1.12. The van der Waals surface area contributed by atoms with E-state index in [1.165, 1.54) is 0 Å². The zero-order valence-corrected chi connectivity index (χ0v) is 35.6. The summed E-state index contributed by atoms with van der Waals surface area (Å²) >= 11 is 0. The first kappa shape index (κ1) is 39.7. The number of aromatic nitrogens is 5. The monoisotopic (exact) mass is 821 g/mol. The highest BCUT2D eigenvalue weighted by molar-refractivity contribution is 6.06. The maximum absolute atomic E-state index is 5.01. The van der Waals surface area contributed by atoms with Crippen molar-refractivity contribution in [1.29, 1.82) is 0 Å². The molecule has 0 spiro atoms. The topological polar surface area (TPSA) is 64.5 Å². The van der Waals surface area contributed by atoms with Gasteiger partial charge in [0.2, 0.25) is 0 Å². The average Bonchev–Trinajstić information content (AvgIpc) is 3.39. The third kappa shape index (κ3) is 8.06. The minimum absolute atomic E-state index is 0.638. The Labute approximate surface area is 374 Å². The molecule has 0 aliphatic heterocycles. The van der Waals surface area contributed by atoms with E-state index in [1.807, 2.05) is 74.8 Å². The highest BCUT2D eigenvalue weighted by atomic mass is 15.0. The molecule has 10 rings (SSSR count). The van der Waals surface area contributed by atoms with E-state index in [4.69, 9.17) is 24.9 Å². The van der Waals surface area contributed by atoms with Gasteiger partial charge < -0.3 is 0 Å².